The molecular weight excluding hydrogens is 454 g/mol. The molecule has 0 aliphatic rings. The van der Waals surface area contributed by atoms with Gasteiger partial charge in [0.2, 0.25) is 0 Å². The molecule has 0 bridgehead atoms. The van der Waals surface area contributed by atoms with Crippen molar-refractivity contribution < 1.29 is 42.9 Å². The van der Waals surface area contributed by atoms with Crippen molar-refractivity contribution in [3.63, 3.8) is 0 Å². The molecule has 0 aromatic heterocycles. The molecule has 0 saturated carbocycles. The number of nitrogens with two attached hydrogens (primary N) is 1. The molecule has 0 radical (unpaired) electrons. The summed E-state index contributed by atoms with van der Waals surface area (Å²) in [5.41, 5.74) is 1.37. The molecule has 0 fully saturated rings. The summed E-state index contributed by atoms with van der Waals surface area (Å²) < 4.78 is 38.9. The number of carbonyl (C=O) groups excluding carboxylic acids is 2. The van der Waals surface area contributed by atoms with Crippen molar-refractivity contribution in [2.45, 2.75) is 77.0 Å². The van der Waals surface area contributed by atoms with Gasteiger partial charge in [0.15, 0.2) is 11.6 Å². The standard InChI is InChI=1S/C23H34F2N2O7/c1-21(2,3)33-19(31)27(20(32)34-22(4,5)6)12-8-10-15(23(26,13-28)18(29)30)14-9-7-11-16(24)17(14)25/h7,9,11,15,28H,8,10,12-13,26H2,1-6H3,(H,29,30)/t15?,23-/m1/s1. The number of imide groups is 1. The highest BCUT2D eigenvalue weighted by molar-refractivity contribution is 5.88. The lowest BCUT2D eigenvalue weighted by molar-refractivity contribution is -0.146. The summed E-state index contributed by atoms with van der Waals surface area (Å²) in [6, 6.07) is 3.22. The fourth-order valence-electron chi connectivity index (χ4n) is 3.15. The van der Waals surface area contributed by atoms with Crippen LogP contribution in [0.1, 0.15) is 65.9 Å². The van der Waals surface area contributed by atoms with E-state index < -0.39 is 59.1 Å². The Kier molecular flexibility index (Phi) is 9.54. The van der Waals surface area contributed by atoms with Gasteiger partial charge in [0.05, 0.1) is 6.61 Å². The van der Waals surface area contributed by atoms with Crippen molar-refractivity contribution in [2.24, 2.45) is 5.73 Å². The van der Waals surface area contributed by atoms with Gasteiger partial charge in [-0.2, -0.15) is 0 Å². The van der Waals surface area contributed by atoms with Gasteiger partial charge < -0.3 is 25.4 Å². The minimum absolute atomic E-state index is 0.0780. The molecule has 0 aliphatic heterocycles. The van der Waals surface area contributed by atoms with Crippen LogP contribution in [0.3, 0.4) is 0 Å². The maximum absolute atomic E-state index is 14.5. The number of amides is 2. The van der Waals surface area contributed by atoms with Crippen LogP contribution in [-0.4, -0.2) is 63.2 Å². The Morgan fingerprint density at radius 1 is 1.03 bits per heavy atom. The van der Waals surface area contributed by atoms with Crippen LogP contribution in [0.4, 0.5) is 18.4 Å². The number of ether oxygens (including phenoxy) is 2. The number of aliphatic hydroxyl groups is 1. The zero-order valence-corrected chi connectivity index (χ0v) is 20.4. The molecule has 0 spiro atoms. The summed E-state index contributed by atoms with van der Waals surface area (Å²) >= 11 is 0. The number of benzene rings is 1. The van der Waals surface area contributed by atoms with Gasteiger partial charge in [0.25, 0.3) is 0 Å². The third-order valence-corrected chi connectivity index (χ3v) is 4.74. The van der Waals surface area contributed by atoms with Crippen LogP contribution in [0, 0.1) is 11.6 Å². The van der Waals surface area contributed by atoms with E-state index in [0.29, 0.717) is 4.90 Å². The first-order valence-corrected chi connectivity index (χ1v) is 10.7. The Morgan fingerprint density at radius 3 is 1.94 bits per heavy atom. The van der Waals surface area contributed by atoms with Crippen LogP contribution in [0.5, 0.6) is 0 Å². The summed E-state index contributed by atoms with van der Waals surface area (Å²) in [5.74, 6) is -5.52. The number of halogens is 2. The summed E-state index contributed by atoms with van der Waals surface area (Å²) in [6.07, 6.45) is -2.28. The topological polar surface area (TPSA) is 139 Å². The van der Waals surface area contributed by atoms with Gasteiger partial charge in [0.1, 0.15) is 16.7 Å². The van der Waals surface area contributed by atoms with Crippen molar-refractivity contribution >= 4 is 18.2 Å². The van der Waals surface area contributed by atoms with Gasteiger partial charge in [-0.25, -0.2) is 23.3 Å². The predicted octanol–water partition coefficient (Wildman–Crippen LogP) is 3.78. The average molecular weight is 489 g/mol. The SMILES string of the molecule is CC(C)(C)OC(=O)N(CCCC(c1cccc(F)c1F)[C@](N)(CO)C(=O)O)C(=O)OC(C)(C)C. The Bertz CT molecular complexity index is 868. The third-order valence-electron chi connectivity index (χ3n) is 4.74. The molecule has 0 heterocycles. The number of hydrogen-bond acceptors (Lipinski definition) is 7. The maximum Gasteiger partial charge on any atom is 0.419 e. The molecule has 1 aromatic carbocycles. The van der Waals surface area contributed by atoms with E-state index in [-0.39, 0.29) is 24.9 Å². The highest BCUT2D eigenvalue weighted by atomic mass is 19.2. The fraction of sp³-hybridized carbons (Fsp3) is 0.609. The van der Waals surface area contributed by atoms with Crippen molar-refractivity contribution in [3.8, 4) is 0 Å². The van der Waals surface area contributed by atoms with Crippen molar-refractivity contribution in [3.05, 3.63) is 35.4 Å². The number of hydrogen-bond donors (Lipinski definition) is 3. The van der Waals surface area contributed by atoms with Gasteiger partial charge in [0, 0.05) is 12.5 Å². The largest absolute Gasteiger partial charge is 0.480 e. The van der Waals surface area contributed by atoms with E-state index in [1.165, 1.54) is 12.1 Å². The van der Waals surface area contributed by atoms with E-state index in [1.807, 2.05) is 0 Å². The molecule has 192 valence electrons. The first-order chi connectivity index (χ1) is 15.4. The summed E-state index contributed by atoms with van der Waals surface area (Å²) in [4.78, 5) is 37.8. The van der Waals surface area contributed by atoms with E-state index in [0.717, 1.165) is 6.07 Å². The van der Waals surface area contributed by atoms with Crippen molar-refractivity contribution in [1.29, 1.82) is 0 Å². The minimum atomic E-state index is -2.35. The number of carboxylic acids is 1. The van der Waals surface area contributed by atoms with Gasteiger partial charge in [-0.3, -0.25) is 4.79 Å². The van der Waals surface area contributed by atoms with E-state index in [1.54, 1.807) is 41.5 Å². The molecule has 1 rings (SSSR count). The zero-order chi connectivity index (χ0) is 26.5. The van der Waals surface area contributed by atoms with Crippen LogP contribution in [0.15, 0.2) is 18.2 Å². The molecule has 11 heteroatoms. The molecular formula is C23H34F2N2O7. The molecule has 34 heavy (non-hydrogen) atoms. The molecule has 1 unspecified atom stereocenters. The monoisotopic (exact) mass is 488 g/mol. The smallest absolute Gasteiger partial charge is 0.419 e. The number of nitrogens with zero attached hydrogens (tertiary/aromatic N) is 1. The highest BCUT2D eigenvalue weighted by Gasteiger charge is 2.44. The van der Waals surface area contributed by atoms with E-state index >= 15 is 0 Å². The van der Waals surface area contributed by atoms with Crippen molar-refractivity contribution in [1.82, 2.24) is 4.90 Å². The van der Waals surface area contributed by atoms with Crippen LogP contribution >= 0.6 is 0 Å². The predicted molar refractivity (Wildman–Crippen MR) is 119 cm³/mol. The van der Waals surface area contributed by atoms with E-state index in [9.17, 15) is 33.4 Å². The summed E-state index contributed by atoms with van der Waals surface area (Å²) in [6.45, 7) is 8.30. The van der Waals surface area contributed by atoms with Gasteiger partial charge >= 0.3 is 18.2 Å². The van der Waals surface area contributed by atoms with Gasteiger partial charge in [-0.1, -0.05) is 12.1 Å². The molecule has 2 atom stereocenters. The number of carbonyl (C=O) groups is 3. The van der Waals surface area contributed by atoms with Crippen LogP contribution in [-0.2, 0) is 14.3 Å². The number of carboxylic acid groups (broad SMARTS) is 1. The van der Waals surface area contributed by atoms with Crippen molar-refractivity contribution in [2.75, 3.05) is 13.2 Å². The summed E-state index contributed by atoms with van der Waals surface area (Å²) in [7, 11) is 0. The molecule has 4 N–H and O–H groups in total. The highest BCUT2D eigenvalue weighted by Crippen LogP contribution is 2.34. The average Bonchev–Trinajstić information content (AvgIpc) is 2.67. The van der Waals surface area contributed by atoms with Crippen LogP contribution < -0.4 is 5.73 Å². The molecule has 2 amide bonds. The number of rotatable bonds is 8. The lowest BCUT2D eigenvalue weighted by atomic mass is 9.77. The second-order valence-corrected chi connectivity index (χ2v) is 9.95. The van der Waals surface area contributed by atoms with Gasteiger partial charge in [-0.05, 0) is 66.0 Å². The maximum atomic E-state index is 14.5. The Hall–Kier alpha value is -2.79. The third kappa shape index (κ3) is 7.91. The first-order valence-electron chi connectivity index (χ1n) is 10.7. The second kappa shape index (κ2) is 11.1. The number of aliphatic hydroxyl groups excluding tert-OH is 1. The minimum Gasteiger partial charge on any atom is -0.480 e. The molecule has 0 aliphatic carbocycles. The quantitative estimate of drug-likeness (QED) is 0.502. The van der Waals surface area contributed by atoms with E-state index in [4.69, 9.17) is 15.2 Å². The lowest BCUT2D eigenvalue weighted by Crippen LogP contribution is -2.56. The second-order valence-electron chi connectivity index (χ2n) is 9.95. The van der Waals surface area contributed by atoms with Gasteiger partial charge in [-0.15, -0.1) is 0 Å². The molecule has 1 aromatic rings. The summed E-state index contributed by atoms with van der Waals surface area (Å²) in [5, 5.41) is 19.3. The molecule has 0 saturated heterocycles. The Labute approximate surface area is 197 Å². The normalized spacial score (nSPS) is 14.6. The lowest BCUT2D eigenvalue weighted by Gasteiger charge is -2.33. The molecule has 9 nitrogen and oxygen atoms in total. The zero-order valence-electron chi connectivity index (χ0n) is 20.4. The fourth-order valence-corrected chi connectivity index (χ4v) is 3.15. The van der Waals surface area contributed by atoms with Crippen LogP contribution in [0.25, 0.3) is 0 Å². The Morgan fingerprint density at radius 2 is 1.53 bits per heavy atom. The van der Waals surface area contributed by atoms with E-state index in [2.05, 4.69) is 0 Å². The van der Waals surface area contributed by atoms with Crippen LogP contribution in [0.2, 0.25) is 0 Å². The number of aliphatic carboxylic acids is 1. The first kappa shape index (κ1) is 29.2. The Balaban J connectivity index is 3.25.